The first-order chi connectivity index (χ1) is 8.16. The van der Waals surface area contributed by atoms with Crippen molar-refractivity contribution >= 4 is 5.91 Å². The minimum absolute atomic E-state index is 0.257. The van der Waals surface area contributed by atoms with Crippen molar-refractivity contribution in [3.8, 4) is 0 Å². The molecule has 5 heteroatoms. The highest BCUT2D eigenvalue weighted by Gasteiger charge is 2.21. The summed E-state index contributed by atoms with van der Waals surface area (Å²) in [4.78, 5) is 17.4. The Bertz CT molecular complexity index is 388. The average Bonchev–Trinajstić information content (AvgIpc) is 2.70. The number of nitrogens with zero attached hydrogens (tertiary/aromatic N) is 3. The molecule has 0 saturated carbocycles. The molecule has 0 spiro atoms. The molecule has 2 rings (SSSR count). The molecule has 1 aliphatic rings. The lowest BCUT2D eigenvalue weighted by Crippen LogP contribution is -2.47. The molecule has 1 unspecified atom stereocenters. The molecule has 2 heterocycles. The molecular formula is C12H20N4O. The molecule has 1 aromatic heterocycles. The van der Waals surface area contributed by atoms with Crippen molar-refractivity contribution in [1.29, 1.82) is 0 Å². The van der Waals surface area contributed by atoms with E-state index in [-0.39, 0.29) is 5.91 Å². The van der Waals surface area contributed by atoms with Crippen LogP contribution >= 0.6 is 0 Å². The molecule has 1 atom stereocenters. The molecule has 5 nitrogen and oxygen atoms in total. The summed E-state index contributed by atoms with van der Waals surface area (Å²) in [6.45, 7) is 1.73. The van der Waals surface area contributed by atoms with Gasteiger partial charge in [0.15, 0.2) is 0 Å². The van der Waals surface area contributed by atoms with Gasteiger partial charge in [0.2, 0.25) is 5.91 Å². The Morgan fingerprint density at radius 1 is 1.53 bits per heavy atom. The third kappa shape index (κ3) is 3.06. The molecule has 1 aliphatic heterocycles. The van der Waals surface area contributed by atoms with Crippen LogP contribution in [0.25, 0.3) is 0 Å². The van der Waals surface area contributed by atoms with Crippen LogP contribution in [0.15, 0.2) is 12.4 Å². The summed E-state index contributed by atoms with van der Waals surface area (Å²) >= 11 is 0. The van der Waals surface area contributed by atoms with Crippen LogP contribution in [0, 0.1) is 0 Å². The van der Waals surface area contributed by atoms with E-state index in [1.807, 2.05) is 36.0 Å². The number of aromatic nitrogens is 2. The Labute approximate surface area is 102 Å². The molecule has 0 radical (unpaired) electrons. The SMILES string of the molecule is CN1CC(NCCc2nccn2C)CCC1=O. The number of rotatable bonds is 4. The maximum atomic E-state index is 11.3. The lowest BCUT2D eigenvalue weighted by Gasteiger charge is -2.30. The number of carbonyl (C=O) groups excluding carboxylic acids is 1. The number of likely N-dealkylation sites (tertiary alicyclic amines) is 1. The lowest BCUT2D eigenvalue weighted by atomic mass is 10.1. The summed E-state index contributed by atoms with van der Waals surface area (Å²) in [6.07, 6.45) is 6.32. The maximum absolute atomic E-state index is 11.3. The van der Waals surface area contributed by atoms with Gasteiger partial charge in [0, 0.05) is 58.5 Å². The zero-order chi connectivity index (χ0) is 12.3. The van der Waals surface area contributed by atoms with E-state index in [2.05, 4.69) is 10.3 Å². The minimum atomic E-state index is 0.257. The van der Waals surface area contributed by atoms with Crippen molar-refractivity contribution in [1.82, 2.24) is 19.8 Å². The van der Waals surface area contributed by atoms with Crippen molar-refractivity contribution in [2.24, 2.45) is 7.05 Å². The first-order valence-electron chi connectivity index (χ1n) is 6.10. The van der Waals surface area contributed by atoms with Crippen LogP contribution in [0.4, 0.5) is 0 Å². The number of hydrogen-bond donors (Lipinski definition) is 1. The van der Waals surface area contributed by atoms with Crippen molar-refractivity contribution in [3.63, 3.8) is 0 Å². The number of amides is 1. The summed E-state index contributed by atoms with van der Waals surface area (Å²) in [7, 11) is 3.88. The molecule has 1 N–H and O–H groups in total. The van der Waals surface area contributed by atoms with Crippen molar-refractivity contribution in [2.45, 2.75) is 25.3 Å². The third-order valence-corrected chi connectivity index (χ3v) is 3.33. The molecular weight excluding hydrogens is 216 g/mol. The number of hydrogen-bond acceptors (Lipinski definition) is 3. The predicted molar refractivity (Wildman–Crippen MR) is 65.6 cm³/mol. The Morgan fingerprint density at radius 3 is 3.00 bits per heavy atom. The summed E-state index contributed by atoms with van der Waals surface area (Å²) < 4.78 is 2.04. The largest absolute Gasteiger partial charge is 0.344 e. The van der Waals surface area contributed by atoms with Gasteiger partial charge in [-0.1, -0.05) is 0 Å². The van der Waals surface area contributed by atoms with E-state index in [1.54, 1.807) is 0 Å². The Morgan fingerprint density at radius 2 is 2.35 bits per heavy atom. The van der Waals surface area contributed by atoms with Crippen molar-refractivity contribution in [2.75, 3.05) is 20.1 Å². The molecule has 0 bridgehead atoms. The highest BCUT2D eigenvalue weighted by atomic mass is 16.2. The topological polar surface area (TPSA) is 50.2 Å². The first kappa shape index (κ1) is 12.1. The van der Waals surface area contributed by atoms with Gasteiger partial charge in [0.1, 0.15) is 5.82 Å². The number of carbonyl (C=O) groups is 1. The van der Waals surface area contributed by atoms with E-state index in [0.717, 1.165) is 31.8 Å². The molecule has 1 amide bonds. The zero-order valence-corrected chi connectivity index (χ0v) is 10.5. The molecule has 1 aromatic rings. The van der Waals surface area contributed by atoms with Crippen LogP contribution in [0.2, 0.25) is 0 Å². The van der Waals surface area contributed by atoms with Crippen molar-refractivity contribution in [3.05, 3.63) is 18.2 Å². The second kappa shape index (κ2) is 5.31. The number of aryl methyl sites for hydroxylation is 1. The molecule has 1 saturated heterocycles. The van der Waals surface area contributed by atoms with E-state index in [4.69, 9.17) is 0 Å². The fraction of sp³-hybridized carbons (Fsp3) is 0.667. The summed E-state index contributed by atoms with van der Waals surface area (Å²) in [5.74, 6) is 1.35. The highest BCUT2D eigenvalue weighted by Crippen LogP contribution is 2.09. The summed E-state index contributed by atoms with van der Waals surface area (Å²) in [5.41, 5.74) is 0. The van der Waals surface area contributed by atoms with E-state index >= 15 is 0 Å². The van der Waals surface area contributed by atoms with Crippen LogP contribution in [-0.2, 0) is 18.3 Å². The number of imidazole rings is 1. The van der Waals surface area contributed by atoms with Gasteiger partial charge in [-0.2, -0.15) is 0 Å². The fourth-order valence-corrected chi connectivity index (χ4v) is 2.20. The zero-order valence-electron chi connectivity index (χ0n) is 10.5. The molecule has 17 heavy (non-hydrogen) atoms. The van der Waals surface area contributed by atoms with E-state index < -0.39 is 0 Å². The van der Waals surface area contributed by atoms with Crippen molar-refractivity contribution < 1.29 is 4.79 Å². The second-order valence-corrected chi connectivity index (χ2v) is 4.67. The average molecular weight is 236 g/mol. The van der Waals surface area contributed by atoms with Gasteiger partial charge in [-0.15, -0.1) is 0 Å². The van der Waals surface area contributed by atoms with Gasteiger partial charge >= 0.3 is 0 Å². The molecule has 0 aromatic carbocycles. The second-order valence-electron chi connectivity index (χ2n) is 4.67. The number of piperidine rings is 1. The normalized spacial score (nSPS) is 20.9. The molecule has 1 fully saturated rings. The summed E-state index contributed by atoms with van der Waals surface area (Å²) in [6, 6.07) is 0.429. The van der Waals surface area contributed by atoms with Gasteiger partial charge in [0.25, 0.3) is 0 Å². The van der Waals surface area contributed by atoms with Crippen LogP contribution in [-0.4, -0.2) is 46.5 Å². The van der Waals surface area contributed by atoms with E-state index in [0.29, 0.717) is 12.5 Å². The van der Waals surface area contributed by atoms with Crippen LogP contribution in [0.1, 0.15) is 18.7 Å². The third-order valence-electron chi connectivity index (χ3n) is 3.33. The van der Waals surface area contributed by atoms with E-state index in [1.165, 1.54) is 0 Å². The van der Waals surface area contributed by atoms with Gasteiger partial charge in [-0.25, -0.2) is 4.98 Å². The van der Waals surface area contributed by atoms with Gasteiger partial charge in [-0.3, -0.25) is 4.79 Å². The predicted octanol–water partition coefficient (Wildman–Crippen LogP) is 0.173. The number of nitrogens with one attached hydrogen (secondary N) is 1. The molecule has 0 aliphatic carbocycles. The van der Waals surface area contributed by atoms with Gasteiger partial charge in [0.05, 0.1) is 0 Å². The monoisotopic (exact) mass is 236 g/mol. The Balaban J connectivity index is 1.72. The van der Waals surface area contributed by atoms with E-state index in [9.17, 15) is 4.79 Å². The summed E-state index contributed by atoms with van der Waals surface area (Å²) in [5, 5.41) is 3.49. The smallest absolute Gasteiger partial charge is 0.222 e. The first-order valence-corrected chi connectivity index (χ1v) is 6.10. The standard InChI is InChI=1S/C12H20N4O/c1-15-8-7-14-11(15)5-6-13-10-3-4-12(17)16(2)9-10/h7-8,10,13H,3-6,9H2,1-2H3. The van der Waals surface area contributed by atoms with Gasteiger partial charge < -0.3 is 14.8 Å². The van der Waals surface area contributed by atoms with Crippen LogP contribution in [0.5, 0.6) is 0 Å². The van der Waals surface area contributed by atoms with Gasteiger partial charge in [-0.05, 0) is 6.42 Å². The maximum Gasteiger partial charge on any atom is 0.222 e. The number of likely N-dealkylation sites (N-methyl/N-ethyl adjacent to an activating group) is 1. The van der Waals surface area contributed by atoms with Crippen LogP contribution in [0.3, 0.4) is 0 Å². The highest BCUT2D eigenvalue weighted by molar-refractivity contribution is 5.76. The minimum Gasteiger partial charge on any atom is -0.344 e. The Hall–Kier alpha value is -1.36. The molecule has 94 valence electrons. The van der Waals surface area contributed by atoms with Crippen LogP contribution < -0.4 is 5.32 Å². The lowest BCUT2D eigenvalue weighted by molar-refractivity contribution is -0.132. The quantitative estimate of drug-likeness (QED) is 0.811. The fourth-order valence-electron chi connectivity index (χ4n) is 2.20. The Kier molecular flexibility index (Phi) is 3.78.